The van der Waals surface area contributed by atoms with Crippen molar-refractivity contribution < 1.29 is 144 Å². The Morgan fingerprint density at radius 2 is 1.28 bits per heavy atom. The number of para-hydroxylation sites is 2. The van der Waals surface area contributed by atoms with Crippen LogP contribution in [-0.4, -0.2) is 298 Å². The number of cyclic esters (lactones) is 1. The summed E-state index contributed by atoms with van der Waals surface area (Å²) in [7, 11) is -5.99. The second-order valence-electron chi connectivity index (χ2n) is 24.5. The van der Waals surface area contributed by atoms with Gasteiger partial charge >= 0.3 is 37.7 Å². The summed E-state index contributed by atoms with van der Waals surface area (Å²) < 4.78 is 28.3. The minimum atomic E-state index is -5.99. The van der Waals surface area contributed by atoms with Crippen molar-refractivity contribution in [3.05, 3.63) is 108 Å². The van der Waals surface area contributed by atoms with Crippen LogP contribution in [0.25, 0.3) is 27.9 Å². The lowest BCUT2D eigenvalue weighted by Gasteiger charge is -2.24. The van der Waals surface area contributed by atoms with Crippen molar-refractivity contribution in [3.63, 3.8) is 0 Å². The Labute approximate surface area is 619 Å². The van der Waals surface area contributed by atoms with Crippen LogP contribution in [0.3, 0.4) is 0 Å². The quantitative estimate of drug-likeness (QED) is 0.0104. The highest BCUT2D eigenvalue weighted by Crippen LogP contribution is 2.39. The van der Waals surface area contributed by atoms with Gasteiger partial charge in [-0.25, -0.2) is 69.1 Å². The lowest BCUT2D eigenvalue weighted by molar-refractivity contribution is -0.144. The van der Waals surface area contributed by atoms with Gasteiger partial charge in [0.25, 0.3) is 0 Å². The van der Waals surface area contributed by atoms with Crippen molar-refractivity contribution >= 4 is 136 Å². The predicted molar refractivity (Wildman–Crippen MR) is 392 cm³/mol. The molecule has 23 N–H and O–H groups in total. The number of aliphatic imine (C=N–C) groups is 11. The van der Waals surface area contributed by atoms with E-state index in [1.54, 1.807) is 42.5 Å². The molecule has 1 saturated heterocycles. The molecule has 14 atom stereocenters. The molecule has 0 bridgehead atoms. The van der Waals surface area contributed by atoms with Crippen LogP contribution in [0, 0.1) is 11.3 Å². The molecule has 0 spiro atoms. The van der Waals surface area contributed by atoms with E-state index in [9.17, 15) is 125 Å². The summed E-state index contributed by atoms with van der Waals surface area (Å²) in [6.45, 7) is 1.22. The van der Waals surface area contributed by atoms with E-state index in [2.05, 4.69) is 69.4 Å². The number of nitrogens with one attached hydrogen (secondary N) is 3. The molecule has 110 heavy (non-hydrogen) atoms. The van der Waals surface area contributed by atoms with Crippen LogP contribution in [0.2, 0.25) is 0 Å². The molecule has 0 amide bonds. The lowest BCUT2D eigenvalue weighted by atomic mass is 9.98. The van der Waals surface area contributed by atoms with Crippen LogP contribution in [0.1, 0.15) is 75.6 Å². The number of nitrogens with zero attached hydrogens (tertiary/aromatic N) is 11. The molecule has 3 aromatic carbocycles. The van der Waals surface area contributed by atoms with E-state index in [1.165, 1.54) is 18.5 Å². The fourth-order valence-corrected chi connectivity index (χ4v) is 11.3. The molecule has 590 valence electrons. The standard InChI is InChI=1S/C66H77N14O29P/c1-4-9-42-52(108-42)64(100)75-41(26-81)58(94)78-48-28(3)107-66(103)40(20-31-24-69-36-13-8-6-11-34(31)36)74-59(95)47(27(2)18-44(84)85)77-62(98)50(53(54(67)90)109-110(104,105)106)76-43(83)25-70-55(91)38(21-45(86)87)73-61(97)49(29-14-16-32(82)17-15-29)79-63(99)51(65(101)102)80-57(93)39(22-46(88)89)71-56(92)37(72-60(48)96)19-30-23-68-35-12-7-5-10-33(30)35/h5-8,10-17,20,23-24,27-28,37-39,41-42,47-53,68-69,81-82H,4,9,18-19,21-22,25-26H2,1-3H3,(H2,67,90)(H,70,91)(H,71,92)(H,72,96)(H,73,97)(H,74,95)(H,75,100)(H,76,83)(H,77,98)(H,78,94)(H,79,99)(H,80,93)(H,84,85)(H,86,87)(H,88,89)(H,101,102)(H2,104,105,106)/b40-20-/t27?,28-,37-,38+,39+,41+,42?,47+,48+,49-,50-,51-,52?,53+/m1/s1. The van der Waals surface area contributed by atoms with Crippen molar-refractivity contribution in [1.82, 2.24) is 9.97 Å². The molecular formula is C66H77N14O29P. The van der Waals surface area contributed by atoms with E-state index in [0.717, 1.165) is 44.2 Å². The van der Waals surface area contributed by atoms with E-state index in [-0.39, 0.29) is 16.7 Å². The first-order valence-electron chi connectivity index (χ1n) is 32.7. The number of hydrogen-bond donors (Lipinski definition) is 23. The van der Waals surface area contributed by atoms with Crippen LogP contribution in [-0.2, 0) is 49.0 Å². The van der Waals surface area contributed by atoms with Gasteiger partial charge in [-0.2, -0.15) is 0 Å². The zero-order valence-electron chi connectivity index (χ0n) is 57.9. The Bertz CT molecular complexity index is 4670. The molecule has 0 aliphatic carbocycles. The fraction of sp³-hybridized carbons (Fsp3) is 0.379. The highest BCUT2D eigenvalue weighted by atomic mass is 31.2. The zero-order chi connectivity index (χ0) is 81.2. The number of esters is 1. The summed E-state index contributed by atoms with van der Waals surface area (Å²) in [5.74, 6) is -29.0. The van der Waals surface area contributed by atoms with Gasteiger partial charge in [-0.1, -0.05) is 68.8 Å². The number of carboxylic acids is 4. The van der Waals surface area contributed by atoms with Gasteiger partial charge in [0.15, 0.2) is 42.1 Å². The van der Waals surface area contributed by atoms with Crippen LogP contribution in [0.4, 0.5) is 0 Å². The first kappa shape index (κ1) is 84.6. The van der Waals surface area contributed by atoms with E-state index in [1.807, 2.05) is 6.92 Å². The molecule has 5 aromatic rings. The minimum Gasteiger partial charge on any atom is -0.508 e. The van der Waals surface area contributed by atoms with E-state index < -0.39 is 243 Å². The number of rotatable bonds is 23. The summed E-state index contributed by atoms with van der Waals surface area (Å²) in [6.07, 6.45) is -6.40. The molecule has 2 aliphatic heterocycles. The number of phosphoric ester groups is 1. The second kappa shape index (κ2) is 37.7. The van der Waals surface area contributed by atoms with Crippen molar-refractivity contribution in [3.8, 4) is 5.75 Å². The number of aliphatic hydroxyl groups is 13. The van der Waals surface area contributed by atoms with E-state index in [4.69, 9.17) is 14.9 Å². The lowest BCUT2D eigenvalue weighted by Crippen LogP contribution is -2.42. The SMILES string of the molecule is CCCC1OC1C(O)=N[C@@H](CO)C(O)=N[C@@H]1C(O)=N[C@H](Cc2c[nH]c3ccccc23)C(O)=N[C@@H](CC(=O)O)C(O)=N[C@@H](C(=O)O)C(O)=N[C@H](c2ccc(O)cc2)C(O)=N[C@@H](CC(=O)O)C(O)=NCC(O)=N[C@H]([C@H](OP(=O)(O)O)C(=N)O)C(O)=N[C@@H](C(C)CC(=O)O)C(O)=N/C(=C\c2c[nH]c3ccccc23)C(=O)O[C@@H]1C. The number of H-pyrrole nitrogens is 2. The molecule has 1 fully saturated rings. The zero-order valence-corrected chi connectivity index (χ0v) is 58.8. The van der Waals surface area contributed by atoms with Gasteiger partial charge in [0.1, 0.15) is 42.6 Å². The predicted octanol–water partition coefficient (Wildman–Crippen LogP) is 4.81. The number of phenols is 1. The number of epoxide rings is 1. The monoisotopic (exact) mass is 1560 g/mol. The van der Waals surface area contributed by atoms with Crippen LogP contribution < -0.4 is 0 Å². The number of aromatic hydroxyl groups is 1. The first-order chi connectivity index (χ1) is 51.9. The highest BCUT2D eigenvalue weighted by Gasteiger charge is 2.44. The number of benzene rings is 3. The number of phosphoric acid groups is 1. The van der Waals surface area contributed by atoms with Gasteiger partial charge in [-0.05, 0) is 60.7 Å². The number of aliphatic hydroxyl groups excluding tert-OH is 13. The summed E-state index contributed by atoms with van der Waals surface area (Å²) in [6, 6.07) is -4.95. The van der Waals surface area contributed by atoms with Gasteiger partial charge in [0.05, 0.1) is 32.0 Å². The Morgan fingerprint density at radius 3 is 1.88 bits per heavy atom. The normalized spacial score (nSPS) is 24.4. The maximum Gasteiger partial charge on any atom is 0.470 e. The summed E-state index contributed by atoms with van der Waals surface area (Å²) in [5.41, 5.74) is -0.261. The summed E-state index contributed by atoms with van der Waals surface area (Å²) in [5, 5.41) is 210. The van der Waals surface area contributed by atoms with Crippen LogP contribution in [0.5, 0.6) is 5.75 Å². The van der Waals surface area contributed by atoms with E-state index >= 15 is 4.79 Å². The maximum atomic E-state index is 15.1. The van der Waals surface area contributed by atoms with Gasteiger partial charge in [0.2, 0.25) is 76.8 Å². The molecule has 3 unspecified atom stereocenters. The van der Waals surface area contributed by atoms with Gasteiger partial charge < -0.3 is 121 Å². The van der Waals surface area contributed by atoms with Gasteiger partial charge in [-0.3, -0.25) is 24.3 Å². The number of ether oxygens (including phenoxy) is 2. The number of aromatic nitrogens is 2. The molecule has 2 aromatic heterocycles. The van der Waals surface area contributed by atoms with Crippen LogP contribution >= 0.6 is 7.82 Å². The number of hydrogen-bond acceptors (Lipinski definition) is 23. The number of aromatic amines is 2. The average Bonchev–Trinajstić information content (AvgIpc) is 1.51. The van der Waals surface area contributed by atoms with Crippen molar-refractivity contribution in [1.29, 1.82) is 5.41 Å². The largest absolute Gasteiger partial charge is 0.508 e. The Morgan fingerprint density at radius 1 is 0.691 bits per heavy atom. The van der Waals surface area contributed by atoms with Gasteiger partial charge in [-0.15, -0.1) is 0 Å². The Kier molecular flexibility index (Phi) is 29.0. The number of fused-ring (bicyclic) bond motifs is 2. The third kappa shape index (κ3) is 23.4. The van der Waals surface area contributed by atoms with E-state index in [0.29, 0.717) is 34.6 Å². The molecular weight excluding hydrogens is 1480 g/mol. The number of carbonyl (C=O) groups excluding carboxylic acids is 1. The molecule has 4 heterocycles. The smallest absolute Gasteiger partial charge is 0.470 e. The number of phenolic OH excluding ortho intramolecular Hbond substituents is 1. The van der Waals surface area contributed by atoms with Crippen molar-refractivity contribution in [2.75, 3.05) is 13.2 Å². The Balaban J connectivity index is 1.57. The third-order valence-corrected chi connectivity index (χ3v) is 16.7. The van der Waals surface area contributed by atoms with Crippen LogP contribution in [0.15, 0.2) is 146 Å². The molecule has 0 radical (unpaired) electrons. The topological polar surface area (TPSA) is 729 Å². The second-order valence-corrected chi connectivity index (χ2v) is 25.6. The highest BCUT2D eigenvalue weighted by molar-refractivity contribution is 7.46. The average molecular weight is 1560 g/mol. The van der Waals surface area contributed by atoms with Crippen molar-refractivity contribution in [2.45, 2.75) is 138 Å². The molecule has 44 heteroatoms. The molecule has 2 aliphatic rings. The van der Waals surface area contributed by atoms with Crippen molar-refractivity contribution in [2.24, 2.45) is 60.8 Å². The first-order valence-corrected chi connectivity index (χ1v) is 34.3. The summed E-state index contributed by atoms with van der Waals surface area (Å²) >= 11 is 0. The molecule has 43 nitrogen and oxygen atoms in total. The number of aliphatic carboxylic acids is 4. The van der Waals surface area contributed by atoms with Gasteiger partial charge in [0, 0.05) is 46.2 Å². The maximum absolute atomic E-state index is 15.1. The third-order valence-electron chi connectivity index (χ3n) is 16.2. The Hall–Kier alpha value is -12.7. The number of carbonyl (C=O) groups is 5. The summed E-state index contributed by atoms with van der Waals surface area (Å²) in [4.78, 5) is 134. The fourth-order valence-electron chi connectivity index (χ4n) is 10.8. The molecule has 7 rings (SSSR count). The number of carboxylic acid groups (broad SMARTS) is 4. The molecule has 0 saturated carbocycles. The minimum absolute atomic E-state index is 0.0519.